The van der Waals surface area contributed by atoms with E-state index in [1.807, 2.05) is 19.9 Å². The van der Waals surface area contributed by atoms with Crippen LogP contribution in [0.4, 0.5) is 0 Å². The second kappa shape index (κ2) is 11.6. The average molecular weight is 526 g/mol. The molecule has 0 aliphatic carbocycles. The van der Waals surface area contributed by atoms with Crippen LogP contribution in [0.1, 0.15) is 69.5 Å². The molecule has 206 valence electrons. The maximum atomic E-state index is 10.9. The second-order valence-electron chi connectivity index (χ2n) is 10.2. The molecule has 1 heterocycles. The van der Waals surface area contributed by atoms with E-state index in [-0.39, 0.29) is 5.75 Å². The number of phenols is 1. The molecule has 0 radical (unpaired) electrons. The molecular weight excluding hydrogens is 482 g/mol. The first-order valence-corrected chi connectivity index (χ1v) is 13.7. The van der Waals surface area contributed by atoms with Gasteiger partial charge in [0.1, 0.15) is 11.5 Å². The molecule has 4 aromatic rings. The standard InChI is InChI=1S/C32H37N3O2.C2H6/c1-15-17(3)21(7)28(22(8)18(15)4)31-33-30(26-13-12-25(37-11)14-27(26)36)34-32(35-31)29-23(9)19(5)16(2)20(6)24(29)10;1-2/h12-14,36H,1-11H3;1-2H3. The Balaban J connectivity index is 0.00000205. The Kier molecular flexibility index (Phi) is 8.84. The van der Waals surface area contributed by atoms with Crippen LogP contribution in [0.3, 0.4) is 0 Å². The third-order valence-corrected chi connectivity index (χ3v) is 8.53. The number of aromatic nitrogens is 3. The molecule has 1 aromatic heterocycles. The van der Waals surface area contributed by atoms with E-state index < -0.39 is 0 Å². The van der Waals surface area contributed by atoms with Gasteiger partial charge in [0.15, 0.2) is 17.5 Å². The summed E-state index contributed by atoms with van der Waals surface area (Å²) in [5, 5.41) is 10.9. The number of hydrogen-bond donors (Lipinski definition) is 1. The molecule has 0 aliphatic heterocycles. The van der Waals surface area contributed by atoms with E-state index in [1.54, 1.807) is 19.2 Å². The summed E-state index contributed by atoms with van der Waals surface area (Å²) in [5.74, 6) is 2.31. The SMILES string of the molecule is CC.COc1ccc(-c2nc(-c3c(C)c(C)c(C)c(C)c3C)nc(-c3c(C)c(C)c(C)c(C)c3C)n2)c(O)c1. The molecule has 0 spiro atoms. The fraction of sp³-hybridized carbons (Fsp3) is 0.382. The van der Waals surface area contributed by atoms with Gasteiger partial charge in [-0.2, -0.15) is 0 Å². The first-order chi connectivity index (χ1) is 18.4. The van der Waals surface area contributed by atoms with Gasteiger partial charge in [0.25, 0.3) is 0 Å². The number of nitrogens with zero attached hydrogens (tertiary/aromatic N) is 3. The smallest absolute Gasteiger partial charge is 0.167 e. The predicted molar refractivity (Wildman–Crippen MR) is 163 cm³/mol. The zero-order valence-electron chi connectivity index (χ0n) is 25.9. The van der Waals surface area contributed by atoms with Crippen molar-refractivity contribution in [2.24, 2.45) is 0 Å². The van der Waals surface area contributed by atoms with Gasteiger partial charge < -0.3 is 9.84 Å². The lowest BCUT2D eigenvalue weighted by atomic mass is 9.88. The Morgan fingerprint density at radius 3 is 1.18 bits per heavy atom. The molecule has 0 saturated carbocycles. The van der Waals surface area contributed by atoms with Crippen LogP contribution in [0.15, 0.2) is 18.2 Å². The first kappa shape index (κ1) is 29.8. The molecule has 0 atom stereocenters. The summed E-state index contributed by atoms with van der Waals surface area (Å²) in [6, 6.07) is 5.20. The quantitative estimate of drug-likeness (QED) is 0.289. The van der Waals surface area contributed by atoms with Crippen LogP contribution in [-0.4, -0.2) is 27.2 Å². The summed E-state index contributed by atoms with van der Waals surface area (Å²) >= 11 is 0. The molecule has 0 unspecified atom stereocenters. The number of hydrogen-bond acceptors (Lipinski definition) is 5. The normalized spacial score (nSPS) is 10.8. The number of aromatic hydroxyl groups is 1. The summed E-state index contributed by atoms with van der Waals surface area (Å²) in [6.07, 6.45) is 0. The van der Waals surface area contributed by atoms with Crippen molar-refractivity contribution in [3.8, 4) is 45.7 Å². The van der Waals surface area contributed by atoms with Crippen molar-refractivity contribution in [1.82, 2.24) is 15.0 Å². The van der Waals surface area contributed by atoms with Crippen LogP contribution < -0.4 is 4.74 Å². The Hall–Kier alpha value is -3.73. The number of benzene rings is 3. The van der Waals surface area contributed by atoms with E-state index in [0.717, 1.165) is 33.4 Å². The van der Waals surface area contributed by atoms with Crippen molar-refractivity contribution in [2.45, 2.75) is 83.1 Å². The maximum absolute atomic E-state index is 10.9. The average Bonchev–Trinajstić information content (AvgIpc) is 2.94. The molecule has 5 heteroatoms. The second-order valence-corrected chi connectivity index (χ2v) is 10.2. The Morgan fingerprint density at radius 1 is 0.513 bits per heavy atom. The third-order valence-electron chi connectivity index (χ3n) is 8.53. The van der Waals surface area contributed by atoms with Gasteiger partial charge >= 0.3 is 0 Å². The molecule has 0 fully saturated rings. The summed E-state index contributed by atoms with van der Waals surface area (Å²) < 4.78 is 5.30. The van der Waals surface area contributed by atoms with Crippen molar-refractivity contribution < 1.29 is 9.84 Å². The van der Waals surface area contributed by atoms with Gasteiger partial charge in [0, 0.05) is 17.2 Å². The summed E-state index contributed by atoms with van der Waals surface area (Å²) in [4.78, 5) is 15.0. The van der Waals surface area contributed by atoms with Crippen LogP contribution in [0.25, 0.3) is 34.2 Å². The van der Waals surface area contributed by atoms with E-state index in [2.05, 4.69) is 69.2 Å². The Labute approximate surface area is 234 Å². The molecule has 0 saturated heterocycles. The van der Waals surface area contributed by atoms with Crippen LogP contribution in [-0.2, 0) is 0 Å². The zero-order chi connectivity index (χ0) is 29.3. The van der Waals surface area contributed by atoms with Gasteiger partial charge in [0.05, 0.1) is 12.7 Å². The van der Waals surface area contributed by atoms with Crippen molar-refractivity contribution in [3.63, 3.8) is 0 Å². The Morgan fingerprint density at radius 2 is 0.846 bits per heavy atom. The van der Waals surface area contributed by atoms with E-state index in [0.29, 0.717) is 28.8 Å². The highest BCUT2D eigenvalue weighted by molar-refractivity contribution is 5.77. The van der Waals surface area contributed by atoms with Crippen molar-refractivity contribution in [2.75, 3.05) is 7.11 Å². The highest BCUT2D eigenvalue weighted by atomic mass is 16.5. The molecule has 39 heavy (non-hydrogen) atoms. The summed E-state index contributed by atoms with van der Waals surface area (Å²) in [5.41, 5.74) is 14.8. The minimum absolute atomic E-state index is 0.0665. The third kappa shape index (κ3) is 5.15. The summed E-state index contributed by atoms with van der Waals surface area (Å²) in [7, 11) is 1.58. The number of methoxy groups -OCH3 is 1. The molecule has 5 nitrogen and oxygen atoms in total. The molecule has 1 N–H and O–H groups in total. The zero-order valence-corrected chi connectivity index (χ0v) is 25.9. The van der Waals surface area contributed by atoms with E-state index >= 15 is 0 Å². The van der Waals surface area contributed by atoms with E-state index in [4.69, 9.17) is 19.7 Å². The largest absolute Gasteiger partial charge is 0.507 e. The molecule has 0 bridgehead atoms. The van der Waals surface area contributed by atoms with Gasteiger partial charge in [-0.15, -0.1) is 0 Å². The van der Waals surface area contributed by atoms with Crippen molar-refractivity contribution >= 4 is 0 Å². The van der Waals surface area contributed by atoms with Crippen molar-refractivity contribution in [3.05, 3.63) is 73.8 Å². The fourth-order valence-electron chi connectivity index (χ4n) is 5.22. The predicted octanol–water partition coefficient (Wildman–Crippen LogP) is 8.70. The fourth-order valence-corrected chi connectivity index (χ4v) is 5.22. The van der Waals surface area contributed by atoms with Crippen LogP contribution in [0.5, 0.6) is 11.5 Å². The van der Waals surface area contributed by atoms with Gasteiger partial charge in [0.2, 0.25) is 0 Å². The lowest BCUT2D eigenvalue weighted by Gasteiger charge is -2.21. The van der Waals surface area contributed by atoms with E-state index in [9.17, 15) is 5.11 Å². The van der Waals surface area contributed by atoms with Gasteiger partial charge in [-0.3, -0.25) is 0 Å². The minimum atomic E-state index is 0.0665. The molecule has 0 aliphatic rings. The lowest BCUT2D eigenvalue weighted by Crippen LogP contribution is -2.08. The summed E-state index contributed by atoms with van der Waals surface area (Å²) in [6.45, 7) is 25.5. The lowest BCUT2D eigenvalue weighted by molar-refractivity contribution is 0.408. The topological polar surface area (TPSA) is 68.1 Å². The van der Waals surface area contributed by atoms with Crippen LogP contribution in [0.2, 0.25) is 0 Å². The maximum Gasteiger partial charge on any atom is 0.167 e. The van der Waals surface area contributed by atoms with Gasteiger partial charge in [-0.25, -0.2) is 15.0 Å². The van der Waals surface area contributed by atoms with Crippen molar-refractivity contribution in [1.29, 1.82) is 0 Å². The molecular formula is C34H43N3O2. The molecule has 3 aromatic carbocycles. The highest BCUT2D eigenvalue weighted by Gasteiger charge is 2.23. The van der Waals surface area contributed by atoms with Crippen LogP contribution in [0, 0.1) is 69.2 Å². The number of phenolic OH excluding ortho intramolecular Hbond substituents is 1. The van der Waals surface area contributed by atoms with Gasteiger partial charge in [-0.1, -0.05) is 13.8 Å². The minimum Gasteiger partial charge on any atom is -0.507 e. The number of ether oxygens (including phenoxy) is 1. The van der Waals surface area contributed by atoms with Gasteiger partial charge in [-0.05, 0) is 137 Å². The first-order valence-electron chi connectivity index (χ1n) is 13.7. The molecule has 4 rings (SSSR count). The van der Waals surface area contributed by atoms with Crippen LogP contribution >= 0.6 is 0 Å². The Bertz CT molecular complexity index is 1420. The number of rotatable bonds is 4. The molecule has 0 amide bonds. The van der Waals surface area contributed by atoms with E-state index in [1.165, 1.54) is 33.4 Å². The highest BCUT2D eigenvalue weighted by Crippen LogP contribution is 2.38. The monoisotopic (exact) mass is 525 g/mol.